The molecule has 0 radical (unpaired) electrons. The summed E-state index contributed by atoms with van der Waals surface area (Å²) < 4.78 is 0. The van der Waals surface area contributed by atoms with Crippen molar-refractivity contribution in [2.45, 2.75) is 39.0 Å². The number of carbonyl (C=O) groups is 1. The zero-order valence-electron chi connectivity index (χ0n) is 16.2. The molecule has 1 aromatic heterocycles. The number of anilines is 2. The van der Waals surface area contributed by atoms with E-state index in [0.717, 1.165) is 68.2 Å². The van der Waals surface area contributed by atoms with Crippen molar-refractivity contribution in [1.29, 1.82) is 0 Å². The summed E-state index contributed by atoms with van der Waals surface area (Å²) in [6.07, 6.45) is 5.63. The van der Waals surface area contributed by atoms with Gasteiger partial charge in [-0.05, 0) is 44.2 Å². The van der Waals surface area contributed by atoms with Crippen molar-refractivity contribution in [1.82, 2.24) is 14.9 Å². The topological polar surface area (TPSA) is 52.6 Å². The van der Waals surface area contributed by atoms with Crippen molar-refractivity contribution in [3.63, 3.8) is 0 Å². The van der Waals surface area contributed by atoms with Gasteiger partial charge in [-0.2, -0.15) is 0 Å². The normalized spacial score (nSPS) is 18.9. The molecular weight excluding hydrogens is 338 g/mol. The van der Waals surface area contributed by atoms with E-state index >= 15 is 0 Å². The summed E-state index contributed by atoms with van der Waals surface area (Å²) in [5.74, 6) is 2.03. The first-order valence-electron chi connectivity index (χ1n) is 10.3. The first kappa shape index (κ1) is 18.0. The summed E-state index contributed by atoms with van der Waals surface area (Å²) in [6.45, 7) is 7.08. The van der Waals surface area contributed by atoms with Crippen LogP contribution in [-0.2, 0) is 4.79 Å². The Kier molecular flexibility index (Phi) is 5.41. The number of amides is 1. The van der Waals surface area contributed by atoms with Crippen LogP contribution in [0, 0.1) is 0 Å². The Morgan fingerprint density at radius 3 is 2.15 bits per heavy atom. The van der Waals surface area contributed by atoms with Gasteiger partial charge in [0.25, 0.3) is 0 Å². The van der Waals surface area contributed by atoms with E-state index in [1.54, 1.807) is 0 Å². The third kappa shape index (κ3) is 3.84. The predicted molar refractivity (Wildman–Crippen MR) is 109 cm³/mol. The third-order valence-electron chi connectivity index (χ3n) is 5.52. The fourth-order valence-electron chi connectivity index (χ4n) is 4.12. The van der Waals surface area contributed by atoms with Crippen LogP contribution in [0.25, 0.3) is 11.0 Å². The maximum absolute atomic E-state index is 12.8. The lowest BCUT2D eigenvalue weighted by Crippen LogP contribution is -2.39. The van der Waals surface area contributed by atoms with E-state index in [9.17, 15) is 4.79 Å². The minimum absolute atomic E-state index is 0.203. The molecule has 0 N–H and O–H groups in total. The van der Waals surface area contributed by atoms with Crippen LogP contribution in [0.2, 0.25) is 0 Å². The molecule has 144 valence electrons. The van der Waals surface area contributed by atoms with E-state index in [4.69, 9.17) is 9.97 Å². The molecule has 0 atom stereocenters. The smallest absolute Gasteiger partial charge is 0.242 e. The van der Waals surface area contributed by atoms with Gasteiger partial charge in [0.05, 0.1) is 17.6 Å². The summed E-state index contributed by atoms with van der Waals surface area (Å²) in [5.41, 5.74) is 1.82. The van der Waals surface area contributed by atoms with Crippen LogP contribution in [0.15, 0.2) is 24.3 Å². The standard InChI is InChI=1S/C21H29N5O/c1-2-11-24-14-8-15-26(16-19(24)27)21-20(25-12-6-3-7-13-25)22-17-9-4-5-10-18(17)23-21/h4-5,9-10H,2-3,6-8,11-16H2,1H3. The molecule has 2 fully saturated rings. The molecule has 2 aliphatic heterocycles. The Balaban J connectivity index is 1.71. The monoisotopic (exact) mass is 367 g/mol. The first-order chi connectivity index (χ1) is 13.3. The van der Waals surface area contributed by atoms with Gasteiger partial charge in [-0.3, -0.25) is 4.79 Å². The maximum atomic E-state index is 12.8. The van der Waals surface area contributed by atoms with Crippen LogP contribution in [0.4, 0.5) is 11.6 Å². The minimum Gasteiger partial charge on any atom is -0.354 e. The highest BCUT2D eigenvalue weighted by Gasteiger charge is 2.27. The van der Waals surface area contributed by atoms with E-state index in [1.165, 1.54) is 19.3 Å². The third-order valence-corrected chi connectivity index (χ3v) is 5.52. The molecular formula is C21H29N5O. The number of aromatic nitrogens is 2. The number of nitrogens with zero attached hydrogens (tertiary/aromatic N) is 5. The van der Waals surface area contributed by atoms with Crippen molar-refractivity contribution < 1.29 is 4.79 Å². The van der Waals surface area contributed by atoms with E-state index in [-0.39, 0.29) is 5.91 Å². The maximum Gasteiger partial charge on any atom is 0.242 e. The van der Waals surface area contributed by atoms with Crippen LogP contribution in [0.1, 0.15) is 39.0 Å². The number of piperidine rings is 1. The second-order valence-electron chi connectivity index (χ2n) is 7.56. The van der Waals surface area contributed by atoms with Gasteiger partial charge in [-0.25, -0.2) is 9.97 Å². The molecule has 6 nitrogen and oxygen atoms in total. The fourth-order valence-corrected chi connectivity index (χ4v) is 4.12. The van der Waals surface area contributed by atoms with Gasteiger partial charge in [0.2, 0.25) is 5.91 Å². The van der Waals surface area contributed by atoms with Crippen LogP contribution in [0.5, 0.6) is 0 Å². The summed E-state index contributed by atoms with van der Waals surface area (Å²) in [7, 11) is 0. The van der Waals surface area contributed by atoms with Gasteiger partial charge < -0.3 is 14.7 Å². The molecule has 0 bridgehead atoms. The zero-order valence-corrected chi connectivity index (χ0v) is 16.2. The van der Waals surface area contributed by atoms with Crippen LogP contribution >= 0.6 is 0 Å². The van der Waals surface area contributed by atoms with Gasteiger partial charge in [-0.1, -0.05) is 19.1 Å². The molecule has 1 aromatic carbocycles. The second-order valence-corrected chi connectivity index (χ2v) is 7.56. The van der Waals surface area contributed by atoms with Gasteiger partial charge in [-0.15, -0.1) is 0 Å². The number of benzene rings is 1. The molecule has 2 aliphatic rings. The predicted octanol–water partition coefficient (Wildman–Crippen LogP) is 3.07. The van der Waals surface area contributed by atoms with Gasteiger partial charge in [0.15, 0.2) is 11.6 Å². The zero-order chi connectivity index (χ0) is 18.6. The Hall–Kier alpha value is -2.37. The van der Waals surface area contributed by atoms with Crippen molar-refractivity contribution >= 4 is 28.6 Å². The lowest BCUT2D eigenvalue weighted by atomic mass is 10.1. The number of hydrogen-bond acceptors (Lipinski definition) is 5. The van der Waals surface area contributed by atoms with E-state index < -0.39 is 0 Å². The molecule has 4 rings (SSSR count). The molecule has 2 saturated heterocycles. The summed E-state index contributed by atoms with van der Waals surface area (Å²) >= 11 is 0. The first-order valence-corrected chi connectivity index (χ1v) is 10.3. The summed E-state index contributed by atoms with van der Waals surface area (Å²) in [4.78, 5) is 29.2. The van der Waals surface area contributed by atoms with Crippen LogP contribution < -0.4 is 9.80 Å². The highest BCUT2D eigenvalue weighted by Crippen LogP contribution is 2.31. The molecule has 6 heteroatoms. The SMILES string of the molecule is CCCN1CCCN(c2nc3ccccc3nc2N2CCCCC2)CC1=O. The van der Waals surface area contributed by atoms with Crippen molar-refractivity contribution in [3.05, 3.63) is 24.3 Å². The molecule has 0 saturated carbocycles. The molecule has 3 heterocycles. The fraction of sp³-hybridized carbons (Fsp3) is 0.571. The van der Waals surface area contributed by atoms with E-state index in [1.807, 2.05) is 29.2 Å². The molecule has 0 unspecified atom stereocenters. The van der Waals surface area contributed by atoms with Crippen molar-refractivity contribution in [2.24, 2.45) is 0 Å². The van der Waals surface area contributed by atoms with Crippen LogP contribution in [-0.4, -0.2) is 60.0 Å². The van der Waals surface area contributed by atoms with Gasteiger partial charge in [0.1, 0.15) is 0 Å². The highest BCUT2D eigenvalue weighted by atomic mass is 16.2. The Morgan fingerprint density at radius 2 is 1.48 bits per heavy atom. The number of carbonyl (C=O) groups excluding carboxylic acids is 1. The average molecular weight is 367 g/mol. The Bertz CT molecular complexity index is 802. The molecule has 0 aliphatic carbocycles. The van der Waals surface area contributed by atoms with Crippen LogP contribution in [0.3, 0.4) is 0 Å². The highest BCUT2D eigenvalue weighted by molar-refractivity contribution is 5.85. The van der Waals surface area contributed by atoms with Gasteiger partial charge in [0, 0.05) is 32.7 Å². The lowest BCUT2D eigenvalue weighted by molar-refractivity contribution is -0.129. The van der Waals surface area contributed by atoms with E-state index in [2.05, 4.69) is 16.7 Å². The molecule has 1 amide bonds. The lowest BCUT2D eigenvalue weighted by Gasteiger charge is -2.32. The summed E-state index contributed by atoms with van der Waals surface area (Å²) in [5, 5.41) is 0. The quantitative estimate of drug-likeness (QED) is 0.831. The number of hydrogen-bond donors (Lipinski definition) is 0. The number of rotatable bonds is 4. The summed E-state index contributed by atoms with van der Waals surface area (Å²) in [6, 6.07) is 8.04. The Labute approximate surface area is 161 Å². The number of para-hydroxylation sites is 2. The Morgan fingerprint density at radius 1 is 0.852 bits per heavy atom. The molecule has 27 heavy (non-hydrogen) atoms. The van der Waals surface area contributed by atoms with E-state index in [0.29, 0.717) is 6.54 Å². The largest absolute Gasteiger partial charge is 0.354 e. The molecule has 0 spiro atoms. The average Bonchev–Trinajstić information content (AvgIpc) is 2.89. The van der Waals surface area contributed by atoms with Crippen molar-refractivity contribution in [3.8, 4) is 0 Å². The second kappa shape index (κ2) is 8.11. The minimum atomic E-state index is 0.203. The van der Waals surface area contributed by atoms with Crippen molar-refractivity contribution in [2.75, 3.05) is 49.1 Å². The molecule has 2 aromatic rings. The van der Waals surface area contributed by atoms with Gasteiger partial charge >= 0.3 is 0 Å². The number of fused-ring (bicyclic) bond motifs is 1.